The van der Waals surface area contributed by atoms with E-state index in [-0.39, 0.29) is 0 Å². The van der Waals surface area contributed by atoms with Gasteiger partial charge < -0.3 is 5.11 Å². The Kier molecular flexibility index (Phi) is 5.09. The van der Waals surface area contributed by atoms with Crippen LogP contribution in [0.2, 0.25) is 0 Å². The van der Waals surface area contributed by atoms with Gasteiger partial charge in [0.25, 0.3) is 0 Å². The molecule has 0 rings (SSSR count). The summed E-state index contributed by atoms with van der Waals surface area (Å²) in [5.41, 5.74) is 0. The van der Waals surface area contributed by atoms with E-state index >= 15 is 0 Å². The van der Waals surface area contributed by atoms with E-state index in [1.807, 2.05) is 0 Å². The van der Waals surface area contributed by atoms with Crippen LogP contribution < -0.4 is 0 Å². The van der Waals surface area contributed by atoms with Crippen molar-refractivity contribution in [1.29, 1.82) is 0 Å². The van der Waals surface area contributed by atoms with Gasteiger partial charge >= 0.3 is 0 Å². The fourth-order valence-corrected chi connectivity index (χ4v) is 1.17. The number of rotatable bonds is 5. The fraction of sp³-hybridized carbons (Fsp3) is 0.778. The predicted octanol–water partition coefficient (Wildman–Crippen LogP) is 3.27. The van der Waals surface area contributed by atoms with Gasteiger partial charge in [0.05, 0.1) is 5.76 Å². The van der Waals surface area contributed by atoms with Gasteiger partial charge in [0.1, 0.15) is 0 Å². The molecule has 0 aliphatic carbocycles. The van der Waals surface area contributed by atoms with Crippen molar-refractivity contribution < 1.29 is 5.11 Å². The molecule has 0 bridgehead atoms. The van der Waals surface area contributed by atoms with E-state index in [1.165, 1.54) is 0 Å². The van der Waals surface area contributed by atoms with Crippen LogP contribution in [0.5, 0.6) is 0 Å². The van der Waals surface area contributed by atoms with Crippen molar-refractivity contribution in [2.75, 3.05) is 0 Å². The number of hydrogen-bond donors (Lipinski definition) is 1. The Hall–Kier alpha value is -0.460. The van der Waals surface area contributed by atoms with Gasteiger partial charge in [-0.2, -0.15) is 0 Å². The van der Waals surface area contributed by atoms with E-state index in [4.69, 9.17) is 5.11 Å². The van der Waals surface area contributed by atoms with Gasteiger partial charge in [0.2, 0.25) is 0 Å². The molecule has 0 spiro atoms. The molecular formula is C9H18O. The molecule has 0 aliphatic rings. The van der Waals surface area contributed by atoms with E-state index in [1.54, 1.807) is 0 Å². The summed E-state index contributed by atoms with van der Waals surface area (Å²) >= 11 is 0. The Balaban J connectivity index is 3.61. The molecule has 0 heterocycles. The molecule has 0 fully saturated rings. The van der Waals surface area contributed by atoms with Gasteiger partial charge in [-0.15, -0.1) is 0 Å². The number of aliphatic hydroxyl groups excluding tert-OH is 1. The van der Waals surface area contributed by atoms with E-state index in [0.717, 1.165) is 25.7 Å². The molecule has 0 unspecified atom stereocenters. The lowest BCUT2D eigenvalue weighted by molar-refractivity contribution is 0.307. The number of aliphatic hydroxyl groups is 1. The van der Waals surface area contributed by atoms with Gasteiger partial charge in [0, 0.05) is 5.92 Å². The van der Waals surface area contributed by atoms with Crippen molar-refractivity contribution in [2.24, 2.45) is 5.92 Å². The third-order valence-corrected chi connectivity index (χ3v) is 1.75. The second-order valence-corrected chi connectivity index (χ2v) is 2.77. The molecule has 1 heteroatoms. The van der Waals surface area contributed by atoms with E-state index < -0.39 is 0 Å². The highest BCUT2D eigenvalue weighted by atomic mass is 16.3. The highest BCUT2D eigenvalue weighted by Crippen LogP contribution is 2.18. The molecule has 0 aromatic heterocycles. The van der Waals surface area contributed by atoms with Crippen molar-refractivity contribution in [1.82, 2.24) is 0 Å². The summed E-state index contributed by atoms with van der Waals surface area (Å²) in [5.74, 6) is 0.707. The summed E-state index contributed by atoms with van der Waals surface area (Å²) in [7, 11) is 0. The zero-order valence-corrected chi connectivity index (χ0v) is 7.06. The Bertz CT molecular complexity index is 90.9. The normalized spacial score (nSPS) is 10.3. The maximum absolute atomic E-state index is 9.08. The molecule has 0 aromatic rings. The molecule has 0 atom stereocenters. The standard InChI is InChI=1S/C9H18O/c1-4-6-9(7-5-2)8(3)10/h9-10H,3-7H2,1-2H3. The third-order valence-electron chi connectivity index (χ3n) is 1.75. The van der Waals surface area contributed by atoms with Gasteiger partial charge in [-0.3, -0.25) is 0 Å². The molecule has 0 saturated heterocycles. The van der Waals surface area contributed by atoms with Crippen LogP contribution in [-0.4, -0.2) is 5.11 Å². The van der Waals surface area contributed by atoms with Crippen LogP contribution in [0.1, 0.15) is 39.5 Å². The van der Waals surface area contributed by atoms with Crippen molar-refractivity contribution in [3.63, 3.8) is 0 Å². The zero-order chi connectivity index (χ0) is 7.98. The van der Waals surface area contributed by atoms with Gasteiger partial charge in [-0.1, -0.05) is 33.3 Å². The lowest BCUT2D eigenvalue weighted by Gasteiger charge is -2.12. The van der Waals surface area contributed by atoms with E-state index in [0.29, 0.717) is 11.7 Å². The van der Waals surface area contributed by atoms with Crippen molar-refractivity contribution in [2.45, 2.75) is 39.5 Å². The van der Waals surface area contributed by atoms with Crippen molar-refractivity contribution in [3.8, 4) is 0 Å². The highest BCUT2D eigenvalue weighted by Gasteiger charge is 2.08. The molecular weight excluding hydrogens is 124 g/mol. The van der Waals surface area contributed by atoms with Gasteiger partial charge in [0.15, 0.2) is 0 Å². The zero-order valence-electron chi connectivity index (χ0n) is 7.06. The van der Waals surface area contributed by atoms with Crippen LogP contribution in [0.25, 0.3) is 0 Å². The topological polar surface area (TPSA) is 20.2 Å². The first-order valence-corrected chi connectivity index (χ1v) is 4.10. The second kappa shape index (κ2) is 5.33. The first-order chi connectivity index (χ1) is 4.72. The molecule has 0 aromatic carbocycles. The Labute approximate surface area is 63.8 Å². The predicted molar refractivity (Wildman–Crippen MR) is 45.1 cm³/mol. The average Bonchev–Trinajstić information content (AvgIpc) is 1.87. The van der Waals surface area contributed by atoms with Crippen LogP contribution >= 0.6 is 0 Å². The van der Waals surface area contributed by atoms with Crippen LogP contribution in [-0.2, 0) is 0 Å². The minimum atomic E-state index is 0.343. The third kappa shape index (κ3) is 3.54. The van der Waals surface area contributed by atoms with Crippen LogP contribution in [0.3, 0.4) is 0 Å². The summed E-state index contributed by atoms with van der Waals surface area (Å²) < 4.78 is 0. The molecule has 1 nitrogen and oxygen atoms in total. The molecule has 0 amide bonds. The lowest BCUT2D eigenvalue weighted by atomic mass is 9.97. The molecule has 1 N–H and O–H groups in total. The average molecular weight is 142 g/mol. The van der Waals surface area contributed by atoms with E-state index in [2.05, 4.69) is 20.4 Å². The maximum Gasteiger partial charge on any atom is 0.0881 e. The van der Waals surface area contributed by atoms with E-state index in [9.17, 15) is 0 Å². The summed E-state index contributed by atoms with van der Waals surface area (Å²) in [5, 5.41) is 9.08. The summed E-state index contributed by atoms with van der Waals surface area (Å²) in [6.07, 6.45) is 4.40. The fourth-order valence-electron chi connectivity index (χ4n) is 1.17. The minimum absolute atomic E-state index is 0.343. The number of hydrogen-bond acceptors (Lipinski definition) is 1. The molecule has 60 valence electrons. The lowest BCUT2D eigenvalue weighted by Crippen LogP contribution is -2.01. The van der Waals surface area contributed by atoms with Gasteiger partial charge in [-0.25, -0.2) is 0 Å². The summed E-state index contributed by atoms with van der Waals surface area (Å²) in [6, 6.07) is 0. The number of allylic oxidation sites excluding steroid dienone is 1. The summed E-state index contributed by atoms with van der Waals surface area (Å²) in [4.78, 5) is 0. The van der Waals surface area contributed by atoms with Crippen LogP contribution in [0.15, 0.2) is 12.3 Å². The molecule has 0 aliphatic heterocycles. The highest BCUT2D eigenvalue weighted by molar-refractivity contribution is 4.87. The molecule has 10 heavy (non-hydrogen) atoms. The van der Waals surface area contributed by atoms with Gasteiger partial charge in [-0.05, 0) is 12.8 Å². The van der Waals surface area contributed by atoms with Crippen LogP contribution in [0.4, 0.5) is 0 Å². The summed E-state index contributed by atoms with van der Waals surface area (Å²) in [6.45, 7) is 7.81. The minimum Gasteiger partial charge on any atom is -0.513 e. The molecule has 0 saturated carbocycles. The Morgan fingerprint density at radius 2 is 1.70 bits per heavy atom. The SMILES string of the molecule is C=C(O)C(CCC)CCC. The van der Waals surface area contributed by atoms with Crippen molar-refractivity contribution in [3.05, 3.63) is 12.3 Å². The monoisotopic (exact) mass is 142 g/mol. The van der Waals surface area contributed by atoms with Crippen molar-refractivity contribution >= 4 is 0 Å². The Morgan fingerprint density at radius 1 is 1.30 bits per heavy atom. The second-order valence-electron chi connectivity index (χ2n) is 2.77. The largest absolute Gasteiger partial charge is 0.513 e. The first kappa shape index (κ1) is 9.54. The molecule has 0 radical (unpaired) electrons. The smallest absolute Gasteiger partial charge is 0.0881 e. The Morgan fingerprint density at radius 3 is 1.90 bits per heavy atom. The van der Waals surface area contributed by atoms with Crippen LogP contribution in [0, 0.1) is 5.92 Å². The first-order valence-electron chi connectivity index (χ1n) is 4.10. The maximum atomic E-state index is 9.08. The quantitative estimate of drug-likeness (QED) is 0.584.